The van der Waals surface area contributed by atoms with Crippen molar-refractivity contribution in [3.63, 3.8) is 0 Å². The standard InChI is InChI=1S/C16H20FN3O2/c1-10(8-15(21)12-4-6-13(17)7-5-12)18-16(22)14-9-20(3)19-11(14)2/h4-7,9-10,15,21H,8H2,1-3H3,(H,18,22). The molecule has 0 fully saturated rings. The Hall–Kier alpha value is -2.21. The van der Waals surface area contributed by atoms with Crippen molar-refractivity contribution < 1.29 is 14.3 Å². The van der Waals surface area contributed by atoms with Crippen molar-refractivity contribution in [2.24, 2.45) is 7.05 Å². The largest absolute Gasteiger partial charge is 0.388 e. The molecule has 2 aromatic rings. The number of aliphatic hydroxyl groups excluding tert-OH is 1. The third-order valence-electron chi connectivity index (χ3n) is 3.47. The maximum absolute atomic E-state index is 12.9. The summed E-state index contributed by atoms with van der Waals surface area (Å²) in [5, 5.41) is 17.1. The van der Waals surface area contributed by atoms with Crippen molar-refractivity contribution in [3.05, 3.63) is 53.1 Å². The highest BCUT2D eigenvalue weighted by Gasteiger charge is 2.18. The lowest BCUT2D eigenvalue weighted by Crippen LogP contribution is -2.34. The number of rotatable bonds is 5. The molecule has 0 spiro atoms. The molecular formula is C16H20FN3O2. The Morgan fingerprint density at radius 1 is 1.41 bits per heavy atom. The van der Waals surface area contributed by atoms with Crippen LogP contribution < -0.4 is 5.32 Å². The summed E-state index contributed by atoms with van der Waals surface area (Å²) in [6.45, 7) is 3.59. The Balaban J connectivity index is 1.94. The fourth-order valence-electron chi connectivity index (χ4n) is 2.34. The smallest absolute Gasteiger partial charge is 0.254 e. The van der Waals surface area contributed by atoms with Gasteiger partial charge in [-0.15, -0.1) is 0 Å². The Morgan fingerprint density at radius 2 is 2.05 bits per heavy atom. The van der Waals surface area contributed by atoms with E-state index in [1.807, 2.05) is 6.92 Å². The van der Waals surface area contributed by atoms with Crippen LogP contribution in [0.3, 0.4) is 0 Å². The number of hydrogen-bond donors (Lipinski definition) is 2. The van der Waals surface area contributed by atoms with Gasteiger partial charge in [-0.1, -0.05) is 12.1 Å². The SMILES string of the molecule is Cc1nn(C)cc1C(=O)NC(C)CC(O)c1ccc(F)cc1. The van der Waals surface area contributed by atoms with Crippen molar-refractivity contribution >= 4 is 5.91 Å². The molecule has 0 bridgehead atoms. The number of hydrogen-bond acceptors (Lipinski definition) is 3. The van der Waals surface area contributed by atoms with Gasteiger partial charge in [0, 0.05) is 19.3 Å². The molecule has 0 aliphatic rings. The van der Waals surface area contributed by atoms with E-state index in [0.717, 1.165) is 0 Å². The van der Waals surface area contributed by atoms with Gasteiger partial charge in [-0.2, -0.15) is 5.10 Å². The first kappa shape index (κ1) is 16.2. The highest BCUT2D eigenvalue weighted by Crippen LogP contribution is 2.19. The topological polar surface area (TPSA) is 67.2 Å². The molecule has 1 heterocycles. The van der Waals surface area contributed by atoms with Gasteiger partial charge in [-0.25, -0.2) is 4.39 Å². The highest BCUT2D eigenvalue weighted by atomic mass is 19.1. The van der Waals surface area contributed by atoms with Gasteiger partial charge in [0.2, 0.25) is 0 Å². The summed E-state index contributed by atoms with van der Waals surface area (Å²) in [6, 6.07) is 5.47. The summed E-state index contributed by atoms with van der Waals surface area (Å²) >= 11 is 0. The average molecular weight is 305 g/mol. The van der Waals surface area contributed by atoms with Crippen LogP contribution in [0.15, 0.2) is 30.5 Å². The molecule has 5 nitrogen and oxygen atoms in total. The maximum atomic E-state index is 12.9. The van der Waals surface area contributed by atoms with Crippen LogP contribution in [-0.2, 0) is 7.05 Å². The zero-order valence-electron chi connectivity index (χ0n) is 12.9. The van der Waals surface area contributed by atoms with Gasteiger partial charge < -0.3 is 10.4 Å². The van der Waals surface area contributed by atoms with Crippen molar-refractivity contribution in [2.45, 2.75) is 32.4 Å². The Morgan fingerprint density at radius 3 is 2.59 bits per heavy atom. The lowest BCUT2D eigenvalue weighted by atomic mass is 10.0. The predicted octanol–water partition coefficient (Wildman–Crippen LogP) is 2.11. The van der Waals surface area contributed by atoms with Crippen molar-refractivity contribution in [1.82, 2.24) is 15.1 Å². The van der Waals surface area contributed by atoms with Crippen molar-refractivity contribution in [3.8, 4) is 0 Å². The molecule has 6 heteroatoms. The van der Waals surface area contributed by atoms with Crippen LogP contribution in [0, 0.1) is 12.7 Å². The van der Waals surface area contributed by atoms with Gasteiger partial charge in [-0.05, 0) is 38.0 Å². The van der Waals surface area contributed by atoms with E-state index in [2.05, 4.69) is 10.4 Å². The third-order valence-corrected chi connectivity index (χ3v) is 3.47. The lowest BCUT2D eigenvalue weighted by molar-refractivity contribution is 0.0916. The van der Waals surface area contributed by atoms with Gasteiger partial charge in [0.25, 0.3) is 5.91 Å². The minimum atomic E-state index is -0.758. The van der Waals surface area contributed by atoms with Gasteiger partial charge in [0.1, 0.15) is 5.82 Å². The van der Waals surface area contributed by atoms with E-state index in [0.29, 0.717) is 23.2 Å². The number of aliphatic hydroxyl groups is 1. The Bertz CT molecular complexity index is 652. The van der Waals surface area contributed by atoms with Crippen LogP contribution >= 0.6 is 0 Å². The molecule has 0 radical (unpaired) electrons. The molecule has 118 valence electrons. The first-order chi connectivity index (χ1) is 10.4. The number of halogens is 1. The van der Waals surface area contributed by atoms with E-state index in [9.17, 15) is 14.3 Å². The molecule has 1 aromatic carbocycles. The second-order valence-corrected chi connectivity index (χ2v) is 5.48. The van der Waals surface area contributed by atoms with Gasteiger partial charge in [0.05, 0.1) is 17.4 Å². The number of aryl methyl sites for hydroxylation is 2. The van der Waals surface area contributed by atoms with Crippen LogP contribution in [-0.4, -0.2) is 26.8 Å². The monoisotopic (exact) mass is 305 g/mol. The molecule has 2 N–H and O–H groups in total. The first-order valence-electron chi connectivity index (χ1n) is 7.11. The molecular weight excluding hydrogens is 285 g/mol. The molecule has 0 aliphatic heterocycles. The van der Waals surface area contributed by atoms with Crippen LogP contribution in [0.25, 0.3) is 0 Å². The maximum Gasteiger partial charge on any atom is 0.254 e. The molecule has 2 atom stereocenters. The predicted molar refractivity (Wildman–Crippen MR) is 80.9 cm³/mol. The molecule has 1 aromatic heterocycles. The normalized spacial score (nSPS) is 13.7. The molecule has 0 aliphatic carbocycles. The second kappa shape index (κ2) is 6.70. The minimum absolute atomic E-state index is 0.218. The number of carbonyl (C=O) groups is 1. The lowest BCUT2D eigenvalue weighted by Gasteiger charge is -2.18. The summed E-state index contributed by atoms with van der Waals surface area (Å²) in [4.78, 5) is 12.2. The van der Waals surface area contributed by atoms with E-state index in [1.54, 1.807) is 37.0 Å². The summed E-state index contributed by atoms with van der Waals surface area (Å²) in [7, 11) is 1.76. The molecule has 1 amide bonds. The fraction of sp³-hybridized carbons (Fsp3) is 0.375. The van der Waals surface area contributed by atoms with Crippen LogP contribution in [0.2, 0.25) is 0 Å². The number of nitrogens with zero attached hydrogens (tertiary/aromatic N) is 2. The molecule has 0 saturated carbocycles. The van der Waals surface area contributed by atoms with Gasteiger partial charge in [0.15, 0.2) is 0 Å². The quantitative estimate of drug-likeness (QED) is 0.889. The number of aromatic nitrogens is 2. The number of nitrogens with one attached hydrogen (secondary N) is 1. The van der Waals surface area contributed by atoms with Crippen molar-refractivity contribution in [2.75, 3.05) is 0 Å². The Labute approximate surface area is 128 Å². The summed E-state index contributed by atoms with van der Waals surface area (Å²) in [5.74, 6) is -0.561. The first-order valence-corrected chi connectivity index (χ1v) is 7.11. The van der Waals surface area contributed by atoms with E-state index in [4.69, 9.17) is 0 Å². The minimum Gasteiger partial charge on any atom is -0.388 e. The second-order valence-electron chi connectivity index (χ2n) is 5.48. The Kier molecular flexibility index (Phi) is 4.92. The highest BCUT2D eigenvalue weighted by molar-refractivity contribution is 5.95. The van der Waals surface area contributed by atoms with E-state index in [-0.39, 0.29) is 17.8 Å². The summed E-state index contributed by atoms with van der Waals surface area (Å²) in [6.07, 6.45) is 1.25. The van der Waals surface area contributed by atoms with E-state index < -0.39 is 6.10 Å². The van der Waals surface area contributed by atoms with Crippen LogP contribution in [0.4, 0.5) is 4.39 Å². The zero-order chi connectivity index (χ0) is 16.3. The molecule has 0 saturated heterocycles. The summed E-state index contributed by atoms with van der Waals surface area (Å²) < 4.78 is 14.5. The number of carbonyl (C=O) groups excluding carboxylic acids is 1. The average Bonchev–Trinajstić information content (AvgIpc) is 2.78. The van der Waals surface area contributed by atoms with Crippen LogP contribution in [0.5, 0.6) is 0 Å². The van der Waals surface area contributed by atoms with Crippen molar-refractivity contribution in [1.29, 1.82) is 0 Å². The third kappa shape index (κ3) is 3.92. The molecule has 22 heavy (non-hydrogen) atoms. The van der Waals surface area contributed by atoms with E-state index >= 15 is 0 Å². The molecule has 2 unspecified atom stereocenters. The number of amides is 1. The van der Waals surface area contributed by atoms with Crippen LogP contribution in [0.1, 0.15) is 41.1 Å². The zero-order valence-corrected chi connectivity index (χ0v) is 12.9. The number of benzene rings is 1. The van der Waals surface area contributed by atoms with Gasteiger partial charge >= 0.3 is 0 Å². The fourth-order valence-corrected chi connectivity index (χ4v) is 2.34. The van der Waals surface area contributed by atoms with Gasteiger partial charge in [-0.3, -0.25) is 9.48 Å². The summed E-state index contributed by atoms with van der Waals surface area (Å²) in [5.41, 5.74) is 1.80. The van der Waals surface area contributed by atoms with E-state index in [1.165, 1.54) is 12.1 Å². The molecule has 2 rings (SSSR count).